The summed E-state index contributed by atoms with van der Waals surface area (Å²) in [6, 6.07) is 25.8. The lowest BCUT2D eigenvalue weighted by Gasteiger charge is -2.36. The van der Waals surface area contributed by atoms with Crippen molar-refractivity contribution >= 4 is 46.1 Å². The van der Waals surface area contributed by atoms with Crippen molar-refractivity contribution in [2.24, 2.45) is 5.73 Å². The lowest BCUT2D eigenvalue weighted by molar-refractivity contribution is -0.133. The summed E-state index contributed by atoms with van der Waals surface area (Å²) in [5, 5.41) is 18.5. The van der Waals surface area contributed by atoms with Crippen LogP contribution in [0.2, 0.25) is 5.02 Å². The van der Waals surface area contributed by atoms with Crippen LogP contribution in [-0.4, -0.2) is 60.8 Å². The van der Waals surface area contributed by atoms with Crippen molar-refractivity contribution in [3.63, 3.8) is 0 Å². The van der Waals surface area contributed by atoms with Gasteiger partial charge in [-0.15, -0.1) is 0 Å². The van der Waals surface area contributed by atoms with E-state index in [-0.39, 0.29) is 28.8 Å². The summed E-state index contributed by atoms with van der Waals surface area (Å²) < 4.78 is 5.87. The van der Waals surface area contributed by atoms with Crippen LogP contribution in [-0.2, 0) is 4.79 Å². The number of aromatic hydroxyl groups is 1. The first-order chi connectivity index (χ1) is 18.9. The van der Waals surface area contributed by atoms with Crippen LogP contribution in [0.25, 0.3) is 10.8 Å². The zero-order valence-corrected chi connectivity index (χ0v) is 22.0. The van der Waals surface area contributed by atoms with E-state index in [1.54, 1.807) is 0 Å². The Labute approximate surface area is 231 Å². The highest BCUT2D eigenvalue weighted by atomic mass is 35.5. The monoisotopic (exact) mass is 544 g/mol. The molecule has 1 aliphatic rings. The van der Waals surface area contributed by atoms with Gasteiger partial charge in [0.2, 0.25) is 5.91 Å². The second-order valence-corrected chi connectivity index (χ2v) is 9.27. The molecule has 1 aliphatic heterocycles. The smallest absolute Gasteiger partial charge is 0.260 e. The van der Waals surface area contributed by atoms with Crippen LogP contribution in [0, 0.1) is 5.41 Å². The largest absolute Gasteiger partial charge is 0.506 e. The van der Waals surface area contributed by atoms with E-state index < -0.39 is 5.91 Å². The SMILES string of the molecule is N=Cc1ccc(OCC(=O)N2CCN(c3ccccc3)CC2)c2ccccc12.NC(=O)c1ccc(O)c(Cl)c1. The number of halogens is 1. The Balaban J connectivity index is 0.000000270. The molecule has 9 heteroatoms. The Hall–Kier alpha value is -4.56. The number of carbonyl (C=O) groups is 2. The van der Waals surface area contributed by atoms with E-state index >= 15 is 0 Å². The van der Waals surface area contributed by atoms with E-state index in [2.05, 4.69) is 17.0 Å². The van der Waals surface area contributed by atoms with Crippen molar-refractivity contribution in [1.29, 1.82) is 5.41 Å². The Morgan fingerprint density at radius 3 is 2.23 bits per heavy atom. The van der Waals surface area contributed by atoms with Gasteiger partial charge in [-0.1, -0.05) is 54.1 Å². The fraction of sp³-hybridized carbons (Fsp3) is 0.167. The van der Waals surface area contributed by atoms with Gasteiger partial charge in [-0.05, 0) is 47.9 Å². The number of carbonyl (C=O) groups excluding carboxylic acids is 2. The third-order valence-corrected chi connectivity index (χ3v) is 6.71. The van der Waals surface area contributed by atoms with Gasteiger partial charge in [0.05, 0.1) is 5.02 Å². The predicted octanol–water partition coefficient (Wildman–Crippen LogP) is 4.71. The Morgan fingerprint density at radius 1 is 0.923 bits per heavy atom. The average molecular weight is 545 g/mol. The van der Waals surface area contributed by atoms with Gasteiger partial charge < -0.3 is 30.8 Å². The molecule has 4 aromatic rings. The minimum Gasteiger partial charge on any atom is -0.506 e. The third-order valence-electron chi connectivity index (χ3n) is 6.41. The zero-order chi connectivity index (χ0) is 27.8. The first-order valence-corrected chi connectivity index (χ1v) is 12.8. The van der Waals surface area contributed by atoms with Crippen molar-refractivity contribution in [3.8, 4) is 11.5 Å². The van der Waals surface area contributed by atoms with E-state index in [1.165, 1.54) is 30.1 Å². The normalized spacial score (nSPS) is 12.8. The van der Waals surface area contributed by atoms with E-state index in [1.807, 2.05) is 59.5 Å². The quantitative estimate of drug-likeness (QED) is 0.304. The summed E-state index contributed by atoms with van der Waals surface area (Å²) in [4.78, 5) is 27.3. The molecular formula is C30H29ClN4O4. The number of rotatable bonds is 6. The summed E-state index contributed by atoms with van der Waals surface area (Å²) in [6.45, 7) is 3.08. The maximum absolute atomic E-state index is 12.6. The number of benzene rings is 4. The number of primary amides is 1. The topological polar surface area (TPSA) is 120 Å². The number of nitrogens with two attached hydrogens (primary N) is 1. The van der Waals surface area contributed by atoms with Gasteiger partial charge in [0, 0.05) is 54.6 Å². The van der Waals surface area contributed by atoms with E-state index in [4.69, 9.17) is 32.6 Å². The van der Waals surface area contributed by atoms with Gasteiger partial charge in [0.15, 0.2) is 6.61 Å². The number of para-hydroxylation sites is 1. The molecule has 5 rings (SSSR count). The number of anilines is 1. The Kier molecular flexibility index (Phi) is 9.01. The van der Waals surface area contributed by atoms with E-state index in [0.717, 1.165) is 29.4 Å². The minimum atomic E-state index is -0.563. The molecule has 0 aliphatic carbocycles. The van der Waals surface area contributed by atoms with Crippen LogP contribution < -0.4 is 15.4 Å². The van der Waals surface area contributed by atoms with Crippen molar-refractivity contribution in [2.45, 2.75) is 0 Å². The molecule has 0 saturated carbocycles. The van der Waals surface area contributed by atoms with E-state index in [9.17, 15) is 9.59 Å². The van der Waals surface area contributed by atoms with Crippen LogP contribution in [0.4, 0.5) is 5.69 Å². The molecule has 0 atom stereocenters. The first kappa shape index (κ1) is 27.5. The summed E-state index contributed by atoms with van der Waals surface area (Å²) >= 11 is 5.50. The molecule has 1 heterocycles. The number of nitrogens with zero attached hydrogens (tertiary/aromatic N) is 2. The molecular weight excluding hydrogens is 516 g/mol. The number of hydrogen-bond acceptors (Lipinski definition) is 6. The third kappa shape index (κ3) is 6.86. The lowest BCUT2D eigenvalue weighted by Crippen LogP contribution is -2.50. The van der Waals surface area contributed by atoms with Crippen LogP contribution in [0.1, 0.15) is 15.9 Å². The van der Waals surface area contributed by atoms with Crippen molar-refractivity contribution in [1.82, 2.24) is 4.90 Å². The van der Waals surface area contributed by atoms with Crippen molar-refractivity contribution < 1.29 is 19.4 Å². The fourth-order valence-electron chi connectivity index (χ4n) is 4.29. The minimum absolute atomic E-state index is 0.00734. The molecule has 8 nitrogen and oxygen atoms in total. The number of phenolic OH excluding ortho intramolecular Hbond substituents is 1. The van der Waals surface area contributed by atoms with Gasteiger partial charge in [-0.3, -0.25) is 9.59 Å². The number of ether oxygens (including phenoxy) is 1. The number of amides is 2. The summed E-state index contributed by atoms with van der Waals surface area (Å²) in [7, 11) is 0. The predicted molar refractivity (Wildman–Crippen MR) is 154 cm³/mol. The second-order valence-electron chi connectivity index (χ2n) is 8.87. The maximum atomic E-state index is 12.6. The highest BCUT2D eigenvalue weighted by Crippen LogP contribution is 2.28. The van der Waals surface area contributed by atoms with Gasteiger partial charge >= 0.3 is 0 Å². The van der Waals surface area contributed by atoms with Gasteiger partial charge in [-0.2, -0.15) is 0 Å². The van der Waals surface area contributed by atoms with Crippen LogP contribution in [0.15, 0.2) is 84.9 Å². The number of fused-ring (bicyclic) bond motifs is 1. The highest BCUT2D eigenvalue weighted by Gasteiger charge is 2.21. The van der Waals surface area contributed by atoms with Crippen LogP contribution >= 0.6 is 11.6 Å². The Bertz CT molecular complexity index is 1470. The molecule has 0 unspecified atom stereocenters. The zero-order valence-electron chi connectivity index (χ0n) is 21.2. The van der Waals surface area contributed by atoms with Crippen LogP contribution in [0.5, 0.6) is 11.5 Å². The molecule has 0 bridgehead atoms. The van der Waals surface area contributed by atoms with Gasteiger partial charge in [0.25, 0.3) is 5.91 Å². The number of nitrogens with one attached hydrogen (secondary N) is 1. The molecule has 4 N–H and O–H groups in total. The first-order valence-electron chi connectivity index (χ1n) is 12.4. The fourth-order valence-corrected chi connectivity index (χ4v) is 4.47. The number of hydrogen-bond donors (Lipinski definition) is 3. The molecule has 2 amide bonds. The summed E-state index contributed by atoms with van der Waals surface area (Å²) in [5.41, 5.74) is 7.28. The van der Waals surface area contributed by atoms with E-state index in [0.29, 0.717) is 18.8 Å². The lowest BCUT2D eigenvalue weighted by atomic mass is 10.0. The number of phenols is 1. The maximum Gasteiger partial charge on any atom is 0.260 e. The molecule has 0 radical (unpaired) electrons. The van der Waals surface area contributed by atoms with Gasteiger partial charge in [0.1, 0.15) is 11.5 Å². The summed E-state index contributed by atoms with van der Waals surface area (Å²) in [6.07, 6.45) is 1.34. The highest BCUT2D eigenvalue weighted by molar-refractivity contribution is 6.32. The van der Waals surface area contributed by atoms with Gasteiger partial charge in [-0.25, -0.2) is 0 Å². The van der Waals surface area contributed by atoms with Crippen molar-refractivity contribution in [3.05, 3.63) is 101 Å². The molecule has 0 spiro atoms. The molecule has 4 aromatic carbocycles. The Morgan fingerprint density at radius 2 is 1.59 bits per heavy atom. The molecule has 39 heavy (non-hydrogen) atoms. The molecule has 0 aromatic heterocycles. The van der Waals surface area contributed by atoms with Crippen LogP contribution in [0.3, 0.4) is 0 Å². The molecule has 1 saturated heterocycles. The van der Waals surface area contributed by atoms with Crippen molar-refractivity contribution in [2.75, 3.05) is 37.7 Å². The number of piperazine rings is 1. The average Bonchev–Trinajstić information content (AvgIpc) is 2.98. The molecule has 200 valence electrons. The molecule has 1 fully saturated rings. The second kappa shape index (κ2) is 12.8. The summed E-state index contributed by atoms with van der Waals surface area (Å²) in [5.74, 6) is 0.0639. The standard InChI is InChI=1S/C23H23N3O2.C7H6ClNO2/c24-16-18-10-11-22(21-9-5-4-8-20(18)21)28-17-23(27)26-14-12-25(13-15-26)19-6-2-1-3-7-19;8-5-3-4(7(9)11)1-2-6(5)10/h1-11,16,24H,12-15,17H2;1-3,10H,(H2,9,11).